The highest BCUT2D eigenvalue weighted by Gasteiger charge is 2.26. The maximum absolute atomic E-state index is 13.0. The Kier molecular flexibility index (Phi) is 14.4. The van der Waals surface area contributed by atoms with E-state index in [4.69, 9.17) is 4.42 Å². The summed E-state index contributed by atoms with van der Waals surface area (Å²) < 4.78 is 46.1. The van der Waals surface area contributed by atoms with E-state index >= 15 is 0 Å². The van der Waals surface area contributed by atoms with Crippen LogP contribution in [0.15, 0.2) is 177 Å². The van der Waals surface area contributed by atoms with Gasteiger partial charge in [0.2, 0.25) is 11.0 Å². The maximum atomic E-state index is 13.0. The molecule has 0 saturated carbocycles. The van der Waals surface area contributed by atoms with Crippen molar-refractivity contribution >= 4 is 61.7 Å². The SMILES string of the molecule is CCc1cccc(C)c1N(CCCSc1ccccc1)c1ccc2c(-c3ccccc3S(=O)(=O)O)c3ccc(=[N+](CCCSc4ccccc4)c4c(C)cccc4CC)cc-3oc2c1. The average molecular weight is 904 g/mol. The van der Waals surface area contributed by atoms with E-state index in [0.29, 0.717) is 22.5 Å². The lowest BCUT2D eigenvalue weighted by Gasteiger charge is -2.29. The van der Waals surface area contributed by atoms with Crippen LogP contribution < -0.4 is 14.8 Å². The molecule has 0 atom stereocenters. The lowest BCUT2D eigenvalue weighted by Crippen LogP contribution is -2.28. The Hall–Kier alpha value is -5.58. The Bertz CT molecular complexity index is 3040. The summed E-state index contributed by atoms with van der Waals surface area (Å²) >= 11 is 3.73. The molecule has 0 aromatic heterocycles. The van der Waals surface area contributed by atoms with Crippen LogP contribution in [-0.4, -0.2) is 37.6 Å². The van der Waals surface area contributed by atoms with Crippen molar-refractivity contribution in [1.82, 2.24) is 4.58 Å². The second-order valence-corrected chi connectivity index (χ2v) is 19.7. The fourth-order valence-electron chi connectivity index (χ4n) is 8.77. The minimum Gasteiger partial charge on any atom is -0.456 e. The minimum atomic E-state index is -4.58. The second kappa shape index (κ2) is 20.5. The zero-order chi connectivity index (χ0) is 44.6. The Morgan fingerprint density at radius 3 is 1.97 bits per heavy atom. The molecule has 1 N–H and O–H groups in total. The predicted octanol–water partition coefficient (Wildman–Crippen LogP) is 13.8. The van der Waals surface area contributed by atoms with Crippen molar-refractivity contribution in [2.75, 3.05) is 29.5 Å². The molecule has 0 saturated heterocycles. The fraction of sp³-hybridized carbons (Fsp3) is 0.218. The van der Waals surface area contributed by atoms with Crippen LogP contribution in [0.4, 0.5) is 17.1 Å². The molecule has 2 aliphatic rings. The van der Waals surface area contributed by atoms with Crippen molar-refractivity contribution in [3.05, 3.63) is 185 Å². The number of aryl methyl sites for hydroxylation is 4. The smallest absolute Gasteiger partial charge is 0.295 e. The summed E-state index contributed by atoms with van der Waals surface area (Å²) in [5.41, 5.74) is 10.8. The number of rotatable bonds is 17. The van der Waals surface area contributed by atoms with Crippen LogP contribution in [0.2, 0.25) is 0 Å². The molecule has 0 radical (unpaired) electrons. The molecule has 0 spiro atoms. The van der Waals surface area contributed by atoms with Crippen molar-refractivity contribution < 1.29 is 17.4 Å². The van der Waals surface area contributed by atoms with Gasteiger partial charge < -0.3 is 9.32 Å². The highest BCUT2D eigenvalue weighted by atomic mass is 32.2. The summed E-state index contributed by atoms with van der Waals surface area (Å²) in [5.74, 6) is 2.53. The van der Waals surface area contributed by atoms with Crippen molar-refractivity contribution in [1.29, 1.82) is 0 Å². The van der Waals surface area contributed by atoms with E-state index in [1.165, 1.54) is 49.5 Å². The number of nitrogens with zero attached hydrogens (tertiary/aromatic N) is 2. The van der Waals surface area contributed by atoms with Gasteiger partial charge in [-0.25, -0.2) is 0 Å². The summed E-state index contributed by atoms with van der Waals surface area (Å²) in [7, 11) is -4.58. The Morgan fingerprint density at radius 2 is 1.28 bits per heavy atom. The monoisotopic (exact) mass is 903 g/mol. The molecular weight excluding hydrogens is 849 g/mol. The van der Waals surface area contributed by atoms with Crippen molar-refractivity contribution in [2.45, 2.75) is 68.1 Å². The third-order valence-corrected chi connectivity index (χ3v) is 14.9. The maximum Gasteiger partial charge on any atom is 0.295 e. The van der Waals surface area contributed by atoms with Crippen LogP contribution in [0.1, 0.15) is 48.9 Å². The molecule has 0 amide bonds. The summed E-state index contributed by atoms with van der Waals surface area (Å²) in [6, 6.07) is 53.3. The first-order valence-electron chi connectivity index (χ1n) is 22.1. The number of hydrogen-bond donors (Lipinski definition) is 1. The van der Waals surface area contributed by atoms with Crippen LogP contribution in [0, 0.1) is 13.8 Å². The molecule has 6 aromatic rings. The number of benzene rings is 7. The standard InChI is InChI=1S/C55H54N2O4S3/c1-5-41-21-15-19-39(3)54(41)56(33-17-35-62-45-23-9-7-10-24-45)43-29-31-47-50(37-43)61-51-38-44(30-32-48(51)53(47)49-27-13-14-28-52(49)64(58,59)60)57(55-40(4)20-16-22-42(55)6-2)34-18-36-63-46-25-11-8-12-26-46/h7-16,19-32,37-38H,5-6,17-18,33-36H2,1-4H3/p+1. The molecule has 0 fully saturated rings. The molecule has 1 aliphatic carbocycles. The van der Waals surface area contributed by atoms with Gasteiger partial charge in [0.15, 0.2) is 0 Å². The number of hydrogen-bond acceptors (Lipinski definition) is 6. The summed E-state index contributed by atoms with van der Waals surface area (Å²) in [4.78, 5) is 4.78. The lowest BCUT2D eigenvalue weighted by atomic mass is 9.93. The van der Waals surface area contributed by atoms with E-state index < -0.39 is 10.1 Å². The lowest BCUT2D eigenvalue weighted by molar-refractivity contribution is 0.483. The van der Waals surface area contributed by atoms with Crippen LogP contribution in [0.5, 0.6) is 0 Å². The second-order valence-electron chi connectivity index (χ2n) is 16.0. The molecule has 8 rings (SSSR count). The Balaban J connectivity index is 1.32. The molecule has 0 bridgehead atoms. The number of para-hydroxylation sites is 2. The van der Waals surface area contributed by atoms with E-state index in [9.17, 15) is 13.0 Å². The first kappa shape index (κ1) is 45.0. The van der Waals surface area contributed by atoms with Crippen molar-refractivity contribution in [3.63, 3.8) is 0 Å². The fourth-order valence-corrected chi connectivity index (χ4v) is 11.2. The third kappa shape index (κ3) is 10.0. The van der Waals surface area contributed by atoms with Gasteiger partial charge in [0.1, 0.15) is 22.8 Å². The molecule has 6 nitrogen and oxygen atoms in total. The van der Waals surface area contributed by atoms with Gasteiger partial charge in [0, 0.05) is 85.2 Å². The van der Waals surface area contributed by atoms with E-state index in [-0.39, 0.29) is 4.90 Å². The first-order chi connectivity index (χ1) is 31.1. The van der Waals surface area contributed by atoms with Gasteiger partial charge in [-0.2, -0.15) is 13.0 Å². The van der Waals surface area contributed by atoms with Gasteiger partial charge in [-0.1, -0.05) is 105 Å². The number of thioether (sulfide) groups is 2. The van der Waals surface area contributed by atoms with Gasteiger partial charge in [-0.15, -0.1) is 23.5 Å². The summed E-state index contributed by atoms with van der Waals surface area (Å²) in [5, 5.41) is 1.74. The van der Waals surface area contributed by atoms with Gasteiger partial charge in [-0.3, -0.25) is 4.55 Å². The molecule has 9 heteroatoms. The van der Waals surface area contributed by atoms with Gasteiger partial charge >= 0.3 is 0 Å². The number of anilines is 2. The topological polar surface area (TPSA) is 73.8 Å². The van der Waals surface area contributed by atoms with E-state index in [1.807, 2.05) is 53.9 Å². The highest BCUT2D eigenvalue weighted by Crippen LogP contribution is 2.44. The average Bonchev–Trinajstić information content (AvgIpc) is 3.31. The van der Waals surface area contributed by atoms with E-state index in [0.717, 1.165) is 72.3 Å². The third-order valence-electron chi connectivity index (χ3n) is 11.8. The van der Waals surface area contributed by atoms with E-state index in [1.54, 1.807) is 12.1 Å². The van der Waals surface area contributed by atoms with Crippen LogP contribution in [0.25, 0.3) is 33.4 Å². The molecule has 1 heterocycles. The van der Waals surface area contributed by atoms with E-state index in [2.05, 4.69) is 146 Å². The van der Waals surface area contributed by atoms with Crippen LogP contribution in [-0.2, 0) is 23.0 Å². The molecule has 326 valence electrons. The molecule has 6 aromatic carbocycles. The van der Waals surface area contributed by atoms with Crippen molar-refractivity contribution in [3.8, 4) is 22.5 Å². The van der Waals surface area contributed by atoms with Crippen LogP contribution in [0.3, 0.4) is 0 Å². The van der Waals surface area contributed by atoms with Gasteiger partial charge in [0.25, 0.3) is 10.1 Å². The normalized spacial score (nSPS) is 12.2. The predicted molar refractivity (Wildman–Crippen MR) is 270 cm³/mol. The quantitative estimate of drug-likeness (QED) is 0.0321. The summed E-state index contributed by atoms with van der Waals surface area (Å²) in [6.45, 7) is 10.3. The van der Waals surface area contributed by atoms with Crippen LogP contribution >= 0.6 is 23.5 Å². The molecule has 1 aliphatic heterocycles. The zero-order valence-electron chi connectivity index (χ0n) is 37.0. The highest BCUT2D eigenvalue weighted by molar-refractivity contribution is 7.99. The van der Waals surface area contributed by atoms with Gasteiger partial charge in [-0.05, 0) is 98.5 Å². The first-order valence-corrected chi connectivity index (χ1v) is 25.5. The Morgan fingerprint density at radius 1 is 0.641 bits per heavy atom. The molecule has 64 heavy (non-hydrogen) atoms. The van der Waals surface area contributed by atoms with Crippen molar-refractivity contribution in [2.24, 2.45) is 0 Å². The Labute approximate surface area is 386 Å². The molecule has 0 unspecified atom stereocenters. The molecular formula is C55H55N2O4S3+. The number of fused-ring (bicyclic) bond motifs is 2. The largest absolute Gasteiger partial charge is 0.456 e. The van der Waals surface area contributed by atoms with Gasteiger partial charge in [0.05, 0.1) is 6.07 Å². The minimum absolute atomic E-state index is 0.146. The zero-order valence-corrected chi connectivity index (χ0v) is 39.4. The summed E-state index contributed by atoms with van der Waals surface area (Å²) in [6.07, 6.45) is 3.66.